The first-order valence-corrected chi connectivity index (χ1v) is 8.40. The number of likely N-dealkylation sites (N-methyl/N-ethyl adjacent to an activating group) is 1. The molecule has 0 bridgehead atoms. The molecule has 0 spiro atoms. The number of aliphatic hydroxyl groups is 1. The number of para-hydroxylation sites is 1. The number of carbonyl (C=O) groups is 1. The summed E-state index contributed by atoms with van der Waals surface area (Å²) in [5.41, 5.74) is -0.187. The van der Waals surface area contributed by atoms with Crippen molar-refractivity contribution in [1.82, 2.24) is 10.2 Å². The van der Waals surface area contributed by atoms with E-state index >= 15 is 0 Å². The van der Waals surface area contributed by atoms with Gasteiger partial charge in [0.25, 0.3) is 0 Å². The zero-order valence-corrected chi connectivity index (χ0v) is 16.0. The van der Waals surface area contributed by atoms with E-state index in [9.17, 15) is 9.90 Å². The Balaban J connectivity index is 3.09. The molecule has 0 aliphatic heterocycles. The second kappa shape index (κ2) is 7.88. The summed E-state index contributed by atoms with van der Waals surface area (Å²) in [6.45, 7) is 12.3. The molecule has 0 aromatic heterocycles. The van der Waals surface area contributed by atoms with Crippen LogP contribution in [0.3, 0.4) is 0 Å². The normalized spacial score (nSPS) is 13.3. The average Bonchev–Trinajstić information content (AvgIpc) is 2.48. The predicted molar refractivity (Wildman–Crippen MR) is 97.3 cm³/mol. The predicted octanol–water partition coefficient (Wildman–Crippen LogP) is 3.58. The van der Waals surface area contributed by atoms with Crippen LogP contribution in [0.4, 0.5) is 4.79 Å². The van der Waals surface area contributed by atoms with Crippen molar-refractivity contribution in [3.63, 3.8) is 0 Å². The lowest BCUT2D eigenvalue weighted by atomic mass is 9.82. The Labute approximate surface area is 146 Å². The molecule has 0 aliphatic rings. The van der Waals surface area contributed by atoms with Crippen molar-refractivity contribution in [1.29, 1.82) is 0 Å². The number of benzene rings is 1. The lowest BCUT2D eigenvalue weighted by Crippen LogP contribution is -2.49. The van der Waals surface area contributed by atoms with Crippen molar-refractivity contribution in [2.75, 3.05) is 20.2 Å². The topological polar surface area (TPSA) is 61.8 Å². The third kappa shape index (κ3) is 5.71. The van der Waals surface area contributed by atoms with Crippen molar-refractivity contribution in [3.05, 3.63) is 29.8 Å². The molecule has 0 aliphatic carbocycles. The Morgan fingerprint density at radius 3 is 2.29 bits per heavy atom. The van der Waals surface area contributed by atoms with Gasteiger partial charge in [0.1, 0.15) is 5.75 Å². The van der Waals surface area contributed by atoms with Gasteiger partial charge in [0.15, 0.2) is 0 Å². The van der Waals surface area contributed by atoms with Crippen LogP contribution in [0, 0.1) is 5.41 Å². The van der Waals surface area contributed by atoms with E-state index in [0.717, 1.165) is 11.3 Å². The number of nitrogens with zero attached hydrogens (tertiary/aromatic N) is 1. The second-order valence-corrected chi connectivity index (χ2v) is 7.82. The van der Waals surface area contributed by atoms with Gasteiger partial charge in [-0.1, -0.05) is 39.0 Å². The third-order valence-corrected chi connectivity index (χ3v) is 3.83. The molecule has 1 rings (SSSR count). The molecule has 2 amide bonds. The Hall–Kier alpha value is -1.75. The van der Waals surface area contributed by atoms with Crippen LogP contribution in [0.25, 0.3) is 0 Å². The third-order valence-electron chi connectivity index (χ3n) is 3.83. The molecule has 2 N–H and O–H groups in total. The number of ether oxygens (including phenoxy) is 1. The molecule has 0 heterocycles. The van der Waals surface area contributed by atoms with Gasteiger partial charge in [-0.25, -0.2) is 4.79 Å². The van der Waals surface area contributed by atoms with Crippen LogP contribution in [-0.4, -0.2) is 41.8 Å². The lowest BCUT2D eigenvalue weighted by Gasteiger charge is -2.36. The summed E-state index contributed by atoms with van der Waals surface area (Å²) < 4.78 is 5.47. The van der Waals surface area contributed by atoms with Crippen LogP contribution in [0.1, 0.15) is 53.1 Å². The second-order valence-electron chi connectivity index (χ2n) is 7.82. The molecule has 0 radical (unpaired) electrons. The summed E-state index contributed by atoms with van der Waals surface area (Å²) in [4.78, 5) is 14.4. The molecule has 1 aromatic rings. The van der Waals surface area contributed by atoms with Gasteiger partial charge in [0.2, 0.25) is 0 Å². The minimum absolute atomic E-state index is 0.189. The van der Waals surface area contributed by atoms with Gasteiger partial charge in [0, 0.05) is 12.1 Å². The summed E-state index contributed by atoms with van der Waals surface area (Å²) in [6.07, 6.45) is 0. The van der Waals surface area contributed by atoms with E-state index in [0.29, 0.717) is 6.54 Å². The maximum atomic E-state index is 12.7. The van der Waals surface area contributed by atoms with Gasteiger partial charge in [0.05, 0.1) is 25.3 Å². The molecule has 0 fully saturated rings. The van der Waals surface area contributed by atoms with Crippen LogP contribution in [-0.2, 0) is 0 Å². The summed E-state index contributed by atoms with van der Waals surface area (Å²) in [7, 11) is 1.63. The van der Waals surface area contributed by atoms with Crippen LogP contribution in [0.2, 0.25) is 0 Å². The highest BCUT2D eigenvalue weighted by atomic mass is 16.5. The molecule has 5 heteroatoms. The first kappa shape index (κ1) is 20.3. The van der Waals surface area contributed by atoms with E-state index in [2.05, 4.69) is 26.1 Å². The van der Waals surface area contributed by atoms with Crippen molar-refractivity contribution in [2.45, 2.75) is 53.2 Å². The summed E-state index contributed by atoms with van der Waals surface area (Å²) in [6, 6.07) is 7.33. The highest BCUT2D eigenvalue weighted by molar-refractivity contribution is 5.75. The van der Waals surface area contributed by atoms with Crippen molar-refractivity contribution in [3.8, 4) is 5.75 Å². The van der Waals surface area contributed by atoms with E-state index < -0.39 is 5.60 Å². The standard InChI is InChI=1S/C19H32N2O3/c1-8-21(13-19(5,6)23)17(22)20-16(18(2,3)4)14-11-9-10-12-15(14)24-7/h9-12,16,23H,8,13H2,1-7H3,(H,20,22). The molecule has 24 heavy (non-hydrogen) atoms. The number of urea groups is 1. The van der Waals surface area contributed by atoms with E-state index in [1.807, 2.05) is 31.2 Å². The smallest absolute Gasteiger partial charge is 0.317 e. The molecule has 5 nitrogen and oxygen atoms in total. The molecule has 0 saturated heterocycles. The Bertz CT molecular complexity index is 544. The zero-order chi connectivity index (χ0) is 18.5. The van der Waals surface area contributed by atoms with E-state index in [1.165, 1.54) is 0 Å². The SMILES string of the molecule is CCN(CC(C)(C)O)C(=O)NC(c1ccccc1OC)C(C)(C)C. The van der Waals surface area contributed by atoms with E-state index in [1.54, 1.807) is 25.9 Å². The first-order chi connectivity index (χ1) is 11.0. The molecule has 1 unspecified atom stereocenters. The number of amides is 2. The van der Waals surface area contributed by atoms with Gasteiger partial charge >= 0.3 is 6.03 Å². The molecule has 0 saturated carbocycles. The fourth-order valence-electron chi connectivity index (χ4n) is 2.67. The minimum Gasteiger partial charge on any atom is -0.496 e. The van der Waals surface area contributed by atoms with Gasteiger partial charge in [-0.2, -0.15) is 0 Å². The van der Waals surface area contributed by atoms with Crippen LogP contribution in [0.5, 0.6) is 5.75 Å². The highest BCUT2D eigenvalue weighted by Gasteiger charge is 2.32. The maximum absolute atomic E-state index is 12.7. The van der Waals surface area contributed by atoms with Gasteiger partial charge in [-0.15, -0.1) is 0 Å². The number of methoxy groups -OCH3 is 1. The van der Waals surface area contributed by atoms with Crippen molar-refractivity contribution >= 4 is 6.03 Å². The number of nitrogens with one attached hydrogen (secondary N) is 1. The quantitative estimate of drug-likeness (QED) is 0.834. The van der Waals surface area contributed by atoms with Crippen LogP contribution in [0.15, 0.2) is 24.3 Å². The number of hydrogen-bond acceptors (Lipinski definition) is 3. The molecule has 136 valence electrons. The summed E-state index contributed by atoms with van der Waals surface area (Å²) in [5, 5.41) is 13.1. The highest BCUT2D eigenvalue weighted by Crippen LogP contribution is 2.37. The largest absolute Gasteiger partial charge is 0.496 e. The Morgan fingerprint density at radius 2 is 1.83 bits per heavy atom. The molecular weight excluding hydrogens is 304 g/mol. The molecule has 1 aromatic carbocycles. The van der Waals surface area contributed by atoms with Gasteiger partial charge in [-0.3, -0.25) is 0 Å². The minimum atomic E-state index is -0.935. The Morgan fingerprint density at radius 1 is 1.25 bits per heavy atom. The van der Waals surface area contributed by atoms with Crippen molar-refractivity contribution in [2.24, 2.45) is 5.41 Å². The fraction of sp³-hybridized carbons (Fsp3) is 0.632. The number of hydrogen-bond donors (Lipinski definition) is 2. The summed E-state index contributed by atoms with van der Waals surface area (Å²) >= 11 is 0. The molecule has 1 atom stereocenters. The first-order valence-electron chi connectivity index (χ1n) is 8.40. The number of carbonyl (C=O) groups excluding carboxylic acids is 1. The van der Waals surface area contributed by atoms with Gasteiger partial charge < -0.3 is 20.1 Å². The maximum Gasteiger partial charge on any atom is 0.317 e. The molecular formula is C19H32N2O3. The van der Waals surface area contributed by atoms with Crippen LogP contribution < -0.4 is 10.1 Å². The fourth-order valence-corrected chi connectivity index (χ4v) is 2.67. The zero-order valence-electron chi connectivity index (χ0n) is 16.0. The number of rotatable bonds is 6. The van der Waals surface area contributed by atoms with Crippen LogP contribution >= 0.6 is 0 Å². The summed E-state index contributed by atoms with van der Waals surface area (Å²) in [5.74, 6) is 0.753. The van der Waals surface area contributed by atoms with E-state index in [-0.39, 0.29) is 24.0 Å². The average molecular weight is 336 g/mol. The van der Waals surface area contributed by atoms with Gasteiger partial charge in [-0.05, 0) is 32.3 Å². The van der Waals surface area contributed by atoms with Crippen molar-refractivity contribution < 1.29 is 14.6 Å². The Kier molecular flexibility index (Phi) is 6.67. The van der Waals surface area contributed by atoms with E-state index in [4.69, 9.17) is 4.74 Å². The lowest BCUT2D eigenvalue weighted by molar-refractivity contribution is 0.0467. The monoisotopic (exact) mass is 336 g/mol.